The lowest BCUT2D eigenvalue weighted by Crippen LogP contribution is -2.48. The maximum absolute atomic E-state index is 11.2. The topological polar surface area (TPSA) is 133 Å². The second-order valence-corrected chi connectivity index (χ2v) is 9.48. The van der Waals surface area contributed by atoms with Gasteiger partial charge in [-0.25, -0.2) is 9.97 Å². The molecule has 0 aliphatic heterocycles. The molecule has 0 saturated heterocycles. The summed E-state index contributed by atoms with van der Waals surface area (Å²) in [6.07, 6.45) is 1.51. The molecule has 1 fully saturated rings. The largest absolute Gasteiger partial charge is 0.396 e. The van der Waals surface area contributed by atoms with E-state index in [0.717, 1.165) is 28.1 Å². The van der Waals surface area contributed by atoms with Gasteiger partial charge in [0.15, 0.2) is 5.72 Å². The quantitative estimate of drug-likeness (QED) is 0.223. The molecule has 1 saturated carbocycles. The summed E-state index contributed by atoms with van der Waals surface area (Å²) in [6, 6.07) is 7.87. The third kappa shape index (κ3) is 5.10. The molecule has 10 heteroatoms. The lowest BCUT2D eigenvalue weighted by atomic mass is 10.0. The van der Waals surface area contributed by atoms with Gasteiger partial charge in [0.2, 0.25) is 5.95 Å². The highest BCUT2D eigenvalue weighted by atomic mass is 32.1. The fourth-order valence-corrected chi connectivity index (χ4v) is 5.25. The van der Waals surface area contributed by atoms with Crippen LogP contribution in [0.4, 0.5) is 11.8 Å². The van der Waals surface area contributed by atoms with Crippen LogP contribution in [0.15, 0.2) is 24.3 Å². The lowest BCUT2D eigenvalue weighted by molar-refractivity contribution is -0.0545. The Bertz CT molecular complexity index is 1060. The van der Waals surface area contributed by atoms with Crippen molar-refractivity contribution in [3.63, 3.8) is 0 Å². The van der Waals surface area contributed by atoms with E-state index in [0.29, 0.717) is 49.0 Å². The first-order valence-corrected chi connectivity index (χ1v) is 12.0. The Hall–Kier alpha value is -2.37. The number of aliphatic hydroxyl groups is 3. The number of aromatic nitrogens is 3. The second-order valence-electron chi connectivity index (χ2n) is 8.45. The van der Waals surface area contributed by atoms with Crippen molar-refractivity contribution in [1.82, 2.24) is 15.0 Å². The number of anilines is 2. The lowest BCUT2D eigenvalue weighted by Gasteiger charge is -2.31. The first-order chi connectivity index (χ1) is 15.9. The van der Waals surface area contributed by atoms with E-state index in [1.807, 2.05) is 31.2 Å². The Balaban J connectivity index is 1.68. The molecule has 3 unspecified atom stereocenters. The van der Waals surface area contributed by atoms with Crippen LogP contribution in [0.25, 0.3) is 20.8 Å². The highest BCUT2D eigenvalue weighted by Crippen LogP contribution is 2.40. The van der Waals surface area contributed by atoms with Gasteiger partial charge < -0.3 is 30.7 Å². The predicted molar refractivity (Wildman–Crippen MR) is 129 cm³/mol. The first-order valence-electron chi connectivity index (χ1n) is 11.2. The van der Waals surface area contributed by atoms with Gasteiger partial charge in [-0.1, -0.05) is 12.1 Å². The van der Waals surface area contributed by atoms with E-state index in [-0.39, 0.29) is 6.61 Å². The summed E-state index contributed by atoms with van der Waals surface area (Å²) in [4.78, 5) is 14.1. The van der Waals surface area contributed by atoms with E-state index in [1.165, 1.54) is 11.3 Å². The van der Waals surface area contributed by atoms with Crippen LogP contribution in [0, 0.1) is 12.8 Å². The summed E-state index contributed by atoms with van der Waals surface area (Å²) in [5, 5.41) is 38.4. The number of nitrogens with one attached hydrogen (secondary N) is 2. The van der Waals surface area contributed by atoms with Crippen molar-refractivity contribution in [2.24, 2.45) is 5.92 Å². The van der Waals surface area contributed by atoms with Gasteiger partial charge in [0.05, 0.1) is 21.5 Å². The molecule has 1 aliphatic rings. The molecule has 4 rings (SSSR count). The SMILES string of the molecule is COCCCCNc1nc(C)c(-c2nc3ccccc3s2)c(NC2(O)CCC(CO)C2O)n1. The van der Waals surface area contributed by atoms with E-state index < -0.39 is 17.7 Å². The van der Waals surface area contributed by atoms with E-state index in [2.05, 4.69) is 20.6 Å². The van der Waals surface area contributed by atoms with Crippen molar-refractivity contribution in [2.75, 3.05) is 37.5 Å². The van der Waals surface area contributed by atoms with E-state index >= 15 is 0 Å². The Morgan fingerprint density at radius 3 is 2.76 bits per heavy atom. The van der Waals surface area contributed by atoms with Gasteiger partial charge in [0, 0.05) is 32.8 Å². The Morgan fingerprint density at radius 2 is 2.03 bits per heavy atom. The molecule has 3 aromatic rings. The van der Waals surface area contributed by atoms with E-state index in [9.17, 15) is 15.3 Å². The van der Waals surface area contributed by atoms with Crippen LogP contribution in [-0.2, 0) is 4.74 Å². The van der Waals surface area contributed by atoms with Gasteiger partial charge in [-0.3, -0.25) is 0 Å². The minimum absolute atomic E-state index is 0.188. The average molecular weight is 474 g/mol. The number of hydrogen-bond donors (Lipinski definition) is 5. The van der Waals surface area contributed by atoms with Crippen molar-refractivity contribution in [3.8, 4) is 10.6 Å². The molecule has 0 spiro atoms. The van der Waals surface area contributed by atoms with Crippen LogP contribution in [-0.4, -0.2) is 69.0 Å². The standard InChI is InChI=1S/C23H31N5O4S/c1-14-18(21-26-16-7-3-4-8-17(16)33-21)20(27-22(25-14)24-11-5-6-12-32-2)28-23(31)10-9-15(13-29)19(23)30/h3-4,7-8,15,19,29-31H,5-6,9-13H2,1-2H3,(H2,24,25,27,28). The molecule has 9 nitrogen and oxygen atoms in total. The molecule has 0 bridgehead atoms. The maximum Gasteiger partial charge on any atom is 0.224 e. The number of aryl methyl sites for hydroxylation is 1. The molecule has 1 aromatic carbocycles. The highest BCUT2D eigenvalue weighted by molar-refractivity contribution is 7.21. The molecular weight excluding hydrogens is 442 g/mol. The normalized spacial score (nSPS) is 22.7. The zero-order valence-corrected chi connectivity index (χ0v) is 19.7. The molecule has 1 aliphatic carbocycles. The number of para-hydroxylation sites is 1. The molecule has 3 atom stereocenters. The summed E-state index contributed by atoms with van der Waals surface area (Å²) in [7, 11) is 1.68. The molecule has 33 heavy (non-hydrogen) atoms. The number of rotatable bonds is 10. The van der Waals surface area contributed by atoms with Crippen LogP contribution in [0.5, 0.6) is 0 Å². The molecule has 2 aromatic heterocycles. The minimum atomic E-state index is -1.60. The second kappa shape index (κ2) is 10.3. The first kappa shape index (κ1) is 23.8. The van der Waals surface area contributed by atoms with E-state index in [1.54, 1.807) is 7.11 Å². The van der Waals surface area contributed by atoms with Crippen molar-refractivity contribution < 1.29 is 20.1 Å². The number of ether oxygens (including phenoxy) is 1. The van der Waals surface area contributed by atoms with Gasteiger partial charge in [0.1, 0.15) is 16.9 Å². The van der Waals surface area contributed by atoms with Crippen LogP contribution >= 0.6 is 11.3 Å². The van der Waals surface area contributed by atoms with Gasteiger partial charge in [0.25, 0.3) is 0 Å². The summed E-state index contributed by atoms with van der Waals surface area (Å²) in [5.41, 5.74) is 0.674. The molecule has 5 N–H and O–H groups in total. The summed E-state index contributed by atoms with van der Waals surface area (Å²) < 4.78 is 6.13. The number of thiazole rings is 1. The summed E-state index contributed by atoms with van der Waals surface area (Å²) in [6.45, 7) is 3.08. The van der Waals surface area contributed by atoms with Gasteiger partial charge in [-0.05, 0) is 44.7 Å². The van der Waals surface area contributed by atoms with Gasteiger partial charge in [-0.2, -0.15) is 4.98 Å². The van der Waals surface area contributed by atoms with Crippen molar-refractivity contribution >= 4 is 33.3 Å². The number of unbranched alkanes of at least 4 members (excludes halogenated alkanes) is 1. The summed E-state index contributed by atoms with van der Waals surface area (Å²) >= 11 is 1.52. The van der Waals surface area contributed by atoms with Gasteiger partial charge >= 0.3 is 0 Å². The molecular formula is C23H31N5O4S. The number of nitrogens with zero attached hydrogens (tertiary/aromatic N) is 3. The smallest absolute Gasteiger partial charge is 0.224 e. The van der Waals surface area contributed by atoms with Crippen molar-refractivity contribution in [1.29, 1.82) is 0 Å². The van der Waals surface area contributed by atoms with Crippen molar-refractivity contribution in [3.05, 3.63) is 30.0 Å². The number of fused-ring (bicyclic) bond motifs is 1. The number of aliphatic hydroxyl groups excluding tert-OH is 2. The van der Waals surface area contributed by atoms with Crippen LogP contribution in [0.3, 0.4) is 0 Å². The fourth-order valence-electron chi connectivity index (χ4n) is 4.18. The van der Waals surface area contributed by atoms with Crippen LogP contribution in [0.2, 0.25) is 0 Å². The fraction of sp³-hybridized carbons (Fsp3) is 0.522. The van der Waals surface area contributed by atoms with Crippen LogP contribution < -0.4 is 10.6 Å². The zero-order chi connectivity index (χ0) is 23.4. The molecule has 0 radical (unpaired) electrons. The van der Waals surface area contributed by atoms with E-state index in [4.69, 9.17) is 9.72 Å². The van der Waals surface area contributed by atoms with Crippen LogP contribution in [0.1, 0.15) is 31.4 Å². The monoisotopic (exact) mass is 473 g/mol. The average Bonchev–Trinajstić information content (AvgIpc) is 3.34. The third-order valence-electron chi connectivity index (χ3n) is 6.06. The minimum Gasteiger partial charge on any atom is -0.396 e. The molecule has 178 valence electrons. The van der Waals surface area contributed by atoms with Gasteiger partial charge in [-0.15, -0.1) is 11.3 Å². The Morgan fingerprint density at radius 1 is 1.21 bits per heavy atom. The third-order valence-corrected chi connectivity index (χ3v) is 7.11. The number of methoxy groups -OCH3 is 1. The zero-order valence-electron chi connectivity index (χ0n) is 18.9. The predicted octanol–water partition coefficient (Wildman–Crippen LogP) is 2.76. The molecule has 2 heterocycles. The number of hydrogen-bond acceptors (Lipinski definition) is 10. The highest BCUT2D eigenvalue weighted by Gasteiger charge is 2.47. The maximum atomic E-state index is 11.2. The van der Waals surface area contributed by atoms with Crippen molar-refractivity contribution in [2.45, 2.75) is 44.4 Å². The molecule has 0 amide bonds. The Kier molecular flexibility index (Phi) is 7.40. The Labute approximate surface area is 196 Å². The summed E-state index contributed by atoms with van der Waals surface area (Å²) in [5.74, 6) is 0.447. The number of benzene rings is 1.